The Morgan fingerprint density at radius 3 is 3.05 bits per heavy atom. The highest BCUT2D eigenvalue weighted by Gasteiger charge is 2.24. The average molecular weight is 280 g/mol. The summed E-state index contributed by atoms with van der Waals surface area (Å²) in [6, 6.07) is 0.536. The van der Waals surface area contributed by atoms with Crippen molar-refractivity contribution in [1.82, 2.24) is 14.7 Å². The van der Waals surface area contributed by atoms with Gasteiger partial charge in [-0.25, -0.2) is 4.98 Å². The van der Waals surface area contributed by atoms with Crippen LogP contribution in [-0.2, 0) is 11.3 Å². The molecule has 0 aromatic carbocycles. The van der Waals surface area contributed by atoms with Crippen LogP contribution in [0.5, 0.6) is 0 Å². The van der Waals surface area contributed by atoms with Gasteiger partial charge in [0, 0.05) is 44.4 Å². The smallest absolute Gasteiger partial charge is 0.195 e. The molecule has 19 heavy (non-hydrogen) atoms. The van der Waals surface area contributed by atoms with Gasteiger partial charge >= 0.3 is 0 Å². The molecule has 1 saturated heterocycles. The molecule has 2 aromatic heterocycles. The van der Waals surface area contributed by atoms with Crippen LogP contribution >= 0.6 is 11.3 Å². The molecule has 5 nitrogen and oxygen atoms in total. The molecule has 1 aliphatic rings. The molecule has 1 fully saturated rings. The predicted molar refractivity (Wildman–Crippen MR) is 78.1 cm³/mol. The second kappa shape index (κ2) is 5.48. The van der Waals surface area contributed by atoms with Crippen LogP contribution < -0.4 is 10.2 Å². The van der Waals surface area contributed by atoms with Crippen LogP contribution in [0.3, 0.4) is 0 Å². The molecular formula is C13H20N4OS. The third-order valence-electron chi connectivity index (χ3n) is 3.76. The SMILES string of the molecule is CNCc1c(N(C)C2CCOCC2)nc2sccn12. The van der Waals surface area contributed by atoms with Crippen LogP contribution in [0, 0.1) is 0 Å². The number of nitrogens with zero attached hydrogens (tertiary/aromatic N) is 3. The highest BCUT2D eigenvalue weighted by molar-refractivity contribution is 7.15. The van der Waals surface area contributed by atoms with E-state index in [1.807, 2.05) is 7.05 Å². The second-order valence-electron chi connectivity index (χ2n) is 4.92. The van der Waals surface area contributed by atoms with Crippen molar-refractivity contribution in [3.63, 3.8) is 0 Å². The fourth-order valence-corrected chi connectivity index (χ4v) is 3.41. The first kappa shape index (κ1) is 12.9. The molecule has 6 heteroatoms. The van der Waals surface area contributed by atoms with Crippen molar-refractivity contribution in [3.8, 4) is 0 Å². The van der Waals surface area contributed by atoms with Crippen LogP contribution in [0.25, 0.3) is 4.96 Å². The van der Waals surface area contributed by atoms with E-state index in [-0.39, 0.29) is 0 Å². The molecule has 0 aliphatic carbocycles. The second-order valence-corrected chi connectivity index (χ2v) is 5.80. The van der Waals surface area contributed by atoms with Crippen LogP contribution in [0.4, 0.5) is 5.82 Å². The number of imidazole rings is 1. The van der Waals surface area contributed by atoms with E-state index in [2.05, 4.69) is 33.2 Å². The van der Waals surface area contributed by atoms with Crippen LogP contribution in [0.2, 0.25) is 0 Å². The molecule has 0 radical (unpaired) electrons. The van der Waals surface area contributed by atoms with E-state index in [9.17, 15) is 0 Å². The van der Waals surface area contributed by atoms with E-state index in [0.717, 1.165) is 43.4 Å². The molecule has 104 valence electrons. The van der Waals surface area contributed by atoms with Crippen molar-refractivity contribution in [2.75, 3.05) is 32.2 Å². The molecule has 3 heterocycles. The van der Waals surface area contributed by atoms with Crippen molar-refractivity contribution in [2.24, 2.45) is 0 Å². The number of hydrogen-bond donors (Lipinski definition) is 1. The molecule has 0 amide bonds. The summed E-state index contributed by atoms with van der Waals surface area (Å²) in [4.78, 5) is 8.19. The van der Waals surface area contributed by atoms with E-state index in [4.69, 9.17) is 9.72 Å². The Morgan fingerprint density at radius 1 is 1.53 bits per heavy atom. The van der Waals surface area contributed by atoms with Crippen LogP contribution in [0.1, 0.15) is 18.5 Å². The Hall–Kier alpha value is -1.11. The van der Waals surface area contributed by atoms with Crippen LogP contribution in [-0.4, -0.2) is 42.7 Å². The van der Waals surface area contributed by atoms with Crippen molar-refractivity contribution >= 4 is 22.1 Å². The highest BCUT2D eigenvalue weighted by Crippen LogP contribution is 2.27. The fourth-order valence-electron chi connectivity index (χ4n) is 2.68. The van der Waals surface area contributed by atoms with Gasteiger partial charge in [-0.1, -0.05) is 0 Å². The van der Waals surface area contributed by atoms with Gasteiger partial charge in [-0.3, -0.25) is 4.40 Å². The number of hydrogen-bond acceptors (Lipinski definition) is 5. The maximum absolute atomic E-state index is 5.44. The lowest BCUT2D eigenvalue weighted by molar-refractivity contribution is 0.0853. The van der Waals surface area contributed by atoms with Crippen molar-refractivity contribution in [1.29, 1.82) is 0 Å². The summed E-state index contributed by atoms with van der Waals surface area (Å²) in [6.07, 6.45) is 4.27. The monoisotopic (exact) mass is 280 g/mol. The minimum absolute atomic E-state index is 0.536. The maximum atomic E-state index is 5.44. The lowest BCUT2D eigenvalue weighted by Crippen LogP contribution is -2.37. The zero-order valence-corrected chi connectivity index (χ0v) is 12.2. The molecular weight excluding hydrogens is 260 g/mol. The summed E-state index contributed by atoms with van der Waals surface area (Å²) < 4.78 is 7.63. The molecule has 0 bridgehead atoms. The third-order valence-corrected chi connectivity index (χ3v) is 4.51. The van der Waals surface area contributed by atoms with E-state index < -0.39 is 0 Å². The first-order valence-corrected chi connectivity index (χ1v) is 7.59. The molecule has 0 atom stereocenters. The molecule has 0 spiro atoms. The van der Waals surface area contributed by atoms with E-state index in [0.29, 0.717) is 6.04 Å². The fraction of sp³-hybridized carbons (Fsp3) is 0.615. The Morgan fingerprint density at radius 2 is 2.32 bits per heavy atom. The van der Waals surface area contributed by atoms with E-state index in [1.54, 1.807) is 11.3 Å². The quantitative estimate of drug-likeness (QED) is 0.926. The number of rotatable bonds is 4. The highest BCUT2D eigenvalue weighted by atomic mass is 32.1. The molecule has 1 aliphatic heterocycles. The van der Waals surface area contributed by atoms with Crippen molar-refractivity contribution in [2.45, 2.75) is 25.4 Å². The minimum atomic E-state index is 0.536. The van der Waals surface area contributed by atoms with Gasteiger partial charge in [-0.15, -0.1) is 11.3 Å². The lowest BCUT2D eigenvalue weighted by atomic mass is 10.1. The number of aromatic nitrogens is 2. The number of anilines is 1. The summed E-state index contributed by atoms with van der Waals surface area (Å²) in [5.74, 6) is 1.10. The maximum Gasteiger partial charge on any atom is 0.195 e. The van der Waals surface area contributed by atoms with Gasteiger partial charge in [0.1, 0.15) is 0 Å². The molecule has 0 unspecified atom stereocenters. The van der Waals surface area contributed by atoms with Gasteiger partial charge in [-0.05, 0) is 19.9 Å². The van der Waals surface area contributed by atoms with Crippen molar-refractivity contribution in [3.05, 3.63) is 17.3 Å². The Balaban J connectivity index is 1.93. The summed E-state index contributed by atoms with van der Waals surface area (Å²) in [6.45, 7) is 2.55. The zero-order chi connectivity index (χ0) is 13.2. The van der Waals surface area contributed by atoms with E-state index >= 15 is 0 Å². The molecule has 3 rings (SSSR count). The zero-order valence-electron chi connectivity index (χ0n) is 11.4. The van der Waals surface area contributed by atoms with Crippen molar-refractivity contribution < 1.29 is 4.74 Å². The first-order chi connectivity index (χ1) is 9.31. The molecule has 2 aromatic rings. The molecule has 1 N–H and O–H groups in total. The minimum Gasteiger partial charge on any atom is -0.381 e. The third kappa shape index (κ3) is 2.35. The predicted octanol–water partition coefficient (Wildman–Crippen LogP) is 1.73. The number of thiazole rings is 1. The summed E-state index contributed by atoms with van der Waals surface area (Å²) in [5.41, 5.74) is 1.24. The number of nitrogens with one attached hydrogen (secondary N) is 1. The van der Waals surface area contributed by atoms with E-state index in [1.165, 1.54) is 5.69 Å². The average Bonchev–Trinajstić information content (AvgIpc) is 3.02. The Kier molecular flexibility index (Phi) is 3.72. The van der Waals surface area contributed by atoms with Gasteiger partial charge in [0.2, 0.25) is 0 Å². The van der Waals surface area contributed by atoms with Gasteiger partial charge < -0.3 is 15.0 Å². The van der Waals surface area contributed by atoms with Crippen LogP contribution in [0.15, 0.2) is 11.6 Å². The topological polar surface area (TPSA) is 41.8 Å². The van der Waals surface area contributed by atoms with Gasteiger partial charge in [0.05, 0.1) is 5.69 Å². The standard InChI is InChI=1S/C13H20N4OS/c1-14-9-11-12(15-13-17(11)5-8-19-13)16(2)10-3-6-18-7-4-10/h5,8,10,14H,3-4,6-7,9H2,1-2H3. The normalized spacial score (nSPS) is 17.2. The summed E-state index contributed by atoms with van der Waals surface area (Å²) >= 11 is 1.68. The molecule has 0 saturated carbocycles. The largest absolute Gasteiger partial charge is 0.381 e. The van der Waals surface area contributed by atoms with Gasteiger partial charge in [0.25, 0.3) is 0 Å². The number of fused-ring (bicyclic) bond motifs is 1. The Bertz CT molecular complexity index is 544. The van der Waals surface area contributed by atoms with Gasteiger partial charge in [0.15, 0.2) is 10.8 Å². The first-order valence-electron chi connectivity index (χ1n) is 6.71. The lowest BCUT2D eigenvalue weighted by Gasteiger charge is -2.32. The summed E-state index contributed by atoms with van der Waals surface area (Å²) in [7, 11) is 4.13. The number of ether oxygens (including phenoxy) is 1. The Labute approximate surface area is 117 Å². The summed E-state index contributed by atoms with van der Waals surface area (Å²) in [5, 5.41) is 5.33. The van der Waals surface area contributed by atoms with Gasteiger partial charge in [-0.2, -0.15) is 0 Å².